The molecule has 0 aliphatic carbocycles. The third-order valence-electron chi connectivity index (χ3n) is 6.90. The summed E-state index contributed by atoms with van der Waals surface area (Å²) in [6.07, 6.45) is 3.01. The summed E-state index contributed by atoms with van der Waals surface area (Å²) in [6, 6.07) is 19.5. The van der Waals surface area contributed by atoms with Gasteiger partial charge in [-0.2, -0.15) is 0 Å². The second kappa shape index (κ2) is 12.0. The largest absolute Gasteiger partial charge is 0.395 e. The highest BCUT2D eigenvalue weighted by molar-refractivity contribution is 6.00. The average molecular weight is 525 g/mol. The van der Waals surface area contributed by atoms with Gasteiger partial charge in [0.15, 0.2) is 0 Å². The van der Waals surface area contributed by atoms with Crippen molar-refractivity contribution in [1.29, 1.82) is 0 Å². The van der Waals surface area contributed by atoms with Gasteiger partial charge in [-0.25, -0.2) is 9.97 Å². The molecule has 0 radical (unpaired) electrons. The third-order valence-corrected chi connectivity index (χ3v) is 6.90. The number of fused-ring (bicyclic) bond motifs is 1. The predicted molar refractivity (Wildman–Crippen MR) is 155 cm³/mol. The van der Waals surface area contributed by atoms with Crippen molar-refractivity contribution in [2.24, 2.45) is 0 Å². The van der Waals surface area contributed by atoms with Crippen LogP contribution in [-0.2, 0) is 11.4 Å². The molecule has 39 heavy (non-hydrogen) atoms. The molecule has 200 valence electrons. The van der Waals surface area contributed by atoms with E-state index in [1.165, 1.54) is 6.08 Å². The van der Waals surface area contributed by atoms with E-state index < -0.39 is 0 Å². The number of benzene rings is 3. The minimum absolute atomic E-state index is 0.122. The Labute approximate surface area is 227 Å². The Balaban J connectivity index is 1.40. The Morgan fingerprint density at radius 3 is 2.62 bits per heavy atom. The number of nitrogens with one attached hydrogen (secondary N) is 2. The Kier molecular flexibility index (Phi) is 8.12. The van der Waals surface area contributed by atoms with Crippen molar-refractivity contribution in [1.82, 2.24) is 14.9 Å². The zero-order chi connectivity index (χ0) is 27.2. The molecule has 4 N–H and O–H groups in total. The number of rotatable bonds is 9. The number of amides is 1. The normalized spacial score (nSPS) is 13.8. The van der Waals surface area contributed by atoms with Crippen LogP contribution in [0.2, 0.25) is 0 Å². The fraction of sp³-hybridized carbons (Fsp3) is 0.233. The van der Waals surface area contributed by atoms with Gasteiger partial charge in [-0.05, 0) is 42.0 Å². The molecule has 4 aromatic rings. The number of carbonyl (C=O) groups is 1. The van der Waals surface area contributed by atoms with E-state index in [9.17, 15) is 15.0 Å². The second-order valence-corrected chi connectivity index (χ2v) is 9.39. The maximum absolute atomic E-state index is 11.8. The summed E-state index contributed by atoms with van der Waals surface area (Å²) in [6.45, 7) is 7.78. The summed E-state index contributed by atoms with van der Waals surface area (Å²) in [5.41, 5.74) is 5.81. The SMILES string of the molecule is C=CC(=O)Nc1cccc(-c2cccc3cnc(Nc4ccc(N5CCN(CCO)CC5)cc4CO)nc23)c1. The van der Waals surface area contributed by atoms with Crippen LogP contribution in [0.15, 0.2) is 79.5 Å². The van der Waals surface area contributed by atoms with Crippen molar-refractivity contribution in [3.05, 3.63) is 85.1 Å². The molecule has 0 unspecified atom stereocenters. The summed E-state index contributed by atoms with van der Waals surface area (Å²) in [4.78, 5) is 25.6. The second-order valence-electron chi connectivity index (χ2n) is 9.39. The van der Waals surface area contributed by atoms with Crippen molar-refractivity contribution >= 4 is 39.8 Å². The molecule has 0 bridgehead atoms. The number of hydrogen-bond donors (Lipinski definition) is 4. The van der Waals surface area contributed by atoms with Gasteiger partial charge in [-0.1, -0.05) is 36.9 Å². The standard InChI is InChI=1S/C30H32N6O3/c1-2-28(39)32-24-7-3-5-21(17-24)26-8-4-6-22-19-31-30(34-29(22)26)33-27-10-9-25(18-23(27)20-38)36-13-11-35(12-14-36)15-16-37/h2-10,17-19,37-38H,1,11-16,20H2,(H,32,39)(H,31,33,34). The number of nitrogens with zero attached hydrogens (tertiary/aromatic N) is 4. The molecule has 1 fully saturated rings. The summed E-state index contributed by atoms with van der Waals surface area (Å²) < 4.78 is 0. The van der Waals surface area contributed by atoms with Gasteiger partial charge in [0.05, 0.1) is 18.7 Å². The van der Waals surface area contributed by atoms with Crippen LogP contribution < -0.4 is 15.5 Å². The highest BCUT2D eigenvalue weighted by Gasteiger charge is 2.18. The van der Waals surface area contributed by atoms with E-state index >= 15 is 0 Å². The number of para-hydroxylation sites is 1. The molecular formula is C30H32N6O3. The van der Waals surface area contributed by atoms with E-state index in [1.54, 1.807) is 6.20 Å². The van der Waals surface area contributed by atoms with E-state index in [0.29, 0.717) is 18.2 Å². The van der Waals surface area contributed by atoms with Crippen LogP contribution in [-0.4, -0.2) is 70.3 Å². The fourth-order valence-corrected chi connectivity index (χ4v) is 4.83. The van der Waals surface area contributed by atoms with Gasteiger partial charge in [-0.15, -0.1) is 0 Å². The summed E-state index contributed by atoms with van der Waals surface area (Å²) in [7, 11) is 0. The monoisotopic (exact) mass is 524 g/mol. The van der Waals surface area contributed by atoms with E-state index in [1.807, 2.05) is 60.7 Å². The van der Waals surface area contributed by atoms with E-state index in [4.69, 9.17) is 4.98 Å². The minimum Gasteiger partial charge on any atom is -0.395 e. The predicted octanol–water partition coefficient (Wildman–Crippen LogP) is 3.77. The first-order chi connectivity index (χ1) is 19.1. The molecule has 5 rings (SSSR count). The van der Waals surface area contributed by atoms with Crippen molar-refractivity contribution < 1.29 is 15.0 Å². The lowest BCUT2D eigenvalue weighted by Crippen LogP contribution is -2.47. The van der Waals surface area contributed by atoms with Crippen molar-refractivity contribution in [2.45, 2.75) is 6.61 Å². The average Bonchev–Trinajstić information content (AvgIpc) is 2.97. The lowest BCUT2D eigenvalue weighted by molar-refractivity contribution is -0.111. The molecule has 1 amide bonds. The first kappa shape index (κ1) is 26.3. The molecule has 1 saturated heterocycles. The number of aliphatic hydroxyl groups is 2. The van der Waals surface area contributed by atoms with Crippen LogP contribution >= 0.6 is 0 Å². The van der Waals surface area contributed by atoms with E-state index in [0.717, 1.165) is 65.1 Å². The topological polar surface area (TPSA) is 114 Å². The Morgan fingerprint density at radius 2 is 1.85 bits per heavy atom. The fourth-order valence-electron chi connectivity index (χ4n) is 4.83. The van der Waals surface area contributed by atoms with Crippen molar-refractivity contribution in [3.8, 4) is 11.1 Å². The molecule has 1 aliphatic heterocycles. The van der Waals surface area contributed by atoms with E-state index in [-0.39, 0.29) is 19.1 Å². The first-order valence-corrected chi connectivity index (χ1v) is 13.0. The number of anilines is 4. The Bertz CT molecular complexity index is 1480. The molecule has 0 atom stereocenters. The lowest BCUT2D eigenvalue weighted by atomic mass is 10.0. The Hall–Kier alpha value is -4.31. The van der Waals surface area contributed by atoms with Gasteiger partial charge < -0.3 is 25.7 Å². The minimum atomic E-state index is -0.270. The zero-order valence-corrected chi connectivity index (χ0v) is 21.7. The van der Waals surface area contributed by atoms with Crippen LogP contribution in [0.3, 0.4) is 0 Å². The number of β-amino-alcohol motifs (C(OH)–C–C–N with tert-alkyl or cyclic N) is 1. The molecule has 1 aromatic heterocycles. The maximum Gasteiger partial charge on any atom is 0.247 e. The third kappa shape index (κ3) is 6.06. The smallest absolute Gasteiger partial charge is 0.247 e. The highest BCUT2D eigenvalue weighted by Crippen LogP contribution is 2.31. The number of aliphatic hydroxyl groups excluding tert-OH is 2. The first-order valence-electron chi connectivity index (χ1n) is 13.0. The molecular weight excluding hydrogens is 492 g/mol. The summed E-state index contributed by atoms with van der Waals surface area (Å²) in [5.74, 6) is 0.152. The van der Waals surface area contributed by atoms with Crippen molar-refractivity contribution in [2.75, 3.05) is 54.9 Å². The molecule has 9 nitrogen and oxygen atoms in total. The van der Waals surface area contributed by atoms with Crippen molar-refractivity contribution in [3.63, 3.8) is 0 Å². The van der Waals surface area contributed by atoms with Crippen LogP contribution in [0.25, 0.3) is 22.0 Å². The quantitative estimate of drug-likeness (QED) is 0.245. The van der Waals surface area contributed by atoms with Gasteiger partial charge in [0.25, 0.3) is 0 Å². The number of carbonyl (C=O) groups excluding carboxylic acids is 1. The van der Waals surface area contributed by atoms with Gasteiger partial charge in [0, 0.05) is 72.5 Å². The number of hydrogen-bond acceptors (Lipinski definition) is 8. The van der Waals surface area contributed by atoms with Crippen LogP contribution in [0, 0.1) is 0 Å². The highest BCUT2D eigenvalue weighted by atomic mass is 16.3. The molecule has 1 aliphatic rings. The molecule has 0 saturated carbocycles. The number of aromatic nitrogens is 2. The van der Waals surface area contributed by atoms with Crippen LogP contribution in [0.1, 0.15) is 5.56 Å². The molecule has 9 heteroatoms. The van der Waals surface area contributed by atoms with Gasteiger partial charge >= 0.3 is 0 Å². The maximum atomic E-state index is 11.8. The van der Waals surface area contributed by atoms with Crippen LogP contribution in [0.5, 0.6) is 0 Å². The summed E-state index contributed by atoms with van der Waals surface area (Å²) in [5, 5.41) is 26.3. The van der Waals surface area contributed by atoms with Gasteiger partial charge in [0.1, 0.15) is 0 Å². The zero-order valence-electron chi connectivity index (χ0n) is 21.7. The Morgan fingerprint density at radius 1 is 1.03 bits per heavy atom. The van der Waals surface area contributed by atoms with Crippen LogP contribution in [0.4, 0.5) is 23.0 Å². The number of piperazine rings is 1. The summed E-state index contributed by atoms with van der Waals surface area (Å²) >= 11 is 0. The molecule has 3 aromatic carbocycles. The van der Waals surface area contributed by atoms with Gasteiger partial charge in [-0.3, -0.25) is 9.69 Å². The lowest BCUT2D eigenvalue weighted by Gasteiger charge is -2.36. The van der Waals surface area contributed by atoms with Gasteiger partial charge in [0.2, 0.25) is 11.9 Å². The molecule has 2 heterocycles. The van der Waals surface area contributed by atoms with E-state index in [2.05, 4.69) is 32.0 Å². The molecule has 0 spiro atoms.